The minimum absolute atomic E-state index is 0.0576. The van der Waals surface area contributed by atoms with Gasteiger partial charge < -0.3 is 4.74 Å². The number of carbonyl (C=O) groups is 1. The van der Waals surface area contributed by atoms with Crippen molar-refractivity contribution in [2.24, 2.45) is 0 Å². The van der Waals surface area contributed by atoms with Crippen molar-refractivity contribution >= 4 is 44.1 Å². The van der Waals surface area contributed by atoms with Crippen LogP contribution in [0.1, 0.15) is 15.9 Å². The molecule has 2 aromatic rings. The third-order valence-corrected chi connectivity index (χ3v) is 6.16. The number of nitrogens with zero attached hydrogens (tertiary/aromatic N) is 1. The molecule has 0 aliphatic heterocycles. The van der Waals surface area contributed by atoms with Gasteiger partial charge in [0.05, 0.1) is 28.2 Å². The number of benzene rings is 2. The van der Waals surface area contributed by atoms with Crippen LogP contribution in [0.4, 0.5) is 5.69 Å². The van der Waals surface area contributed by atoms with Crippen molar-refractivity contribution in [1.29, 1.82) is 0 Å². The summed E-state index contributed by atoms with van der Waals surface area (Å²) in [6.45, 7) is 0. The fraction of sp³-hybridized carbons (Fsp3) is 0.133. The summed E-state index contributed by atoms with van der Waals surface area (Å²) in [6, 6.07) is 9.61. The zero-order chi connectivity index (χ0) is 17.9. The van der Waals surface area contributed by atoms with Crippen molar-refractivity contribution in [3.05, 3.63) is 67.3 Å². The van der Waals surface area contributed by atoms with Crippen molar-refractivity contribution < 1.29 is 22.9 Å². The number of hydrogen-bond acceptors (Lipinski definition) is 6. The number of hydrogen-bond donors (Lipinski definition) is 0. The van der Waals surface area contributed by atoms with Gasteiger partial charge in [0, 0.05) is 15.7 Å². The van der Waals surface area contributed by atoms with Crippen molar-refractivity contribution in [3.8, 4) is 0 Å². The second-order valence-electron chi connectivity index (χ2n) is 4.82. The number of esters is 1. The van der Waals surface area contributed by atoms with Crippen molar-refractivity contribution in [3.63, 3.8) is 0 Å². The van der Waals surface area contributed by atoms with Gasteiger partial charge in [-0.05, 0) is 46.4 Å². The first-order valence-corrected chi connectivity index (χ1v) is 9.31. The summed E-state index contributed by atoms with van der Waals surface area (Å²) in [7, 11) is -2.48. The lowest BCUT2D eigenvalue weighted by Crippen LogP contribution is -2.09. The van der Waals surface area contributed by atoms with E-state index in [2.05, 4.69) is 4.74 Å². The van der Waals surface area contributed by atoms with Crippen LogP contribution in [-0.2, 0) is 20.3 Å². The molecule has 0 saturated carbocycles. The highest BCUT2D eigenvalue weighted by Crippen LogP contribution is 2.25. The summed E-state index contributed by atoms with van der Waals surface area (Å²) in [4.78, 5) is 21.7. The van der Waals surface area contributed by atoms with Crippen LogP contribution in [0.3, 0.4) is 0 Å². The largest absolute Gasteiger partial charge is 0.465 e. The molecular formula is C15H12INO6S. The molecule has 0 spiro atoms. The molecule has 2 rings (SSSR count). The summed E-state index contributed by atoms with van der Waals surface area (Å²) >= 11 is 1.83. The minimum atomic E-state index is -3.72. The Labute approximate surface area is 151 Å². The summed E-state index contributed by atoms with van der Waals surface area (Å²) in [5.41, 5.74) is 0.395. The molecule has 0 bridgehead atoms. The molecule has 2 aromatic carbocycles. The number of carbonyl (C=O) groups excluding carboxylic acids is 1. The van der Waals surface area contributed by atoms with Gasteiger partial charge in [0.15, 0.2) is 9.84 Å². The van der Waals surface area contributed by atoms with Crippen LogP contribution in [0.2, 0.25) is 0 Å². The third kappa shape index (κ3) is 4.09. The number of nitro benzene ring substituents is 1. The Balaban J connectivity index is 2.36. The molecule has 0 aliphatic carbocycles. The Bertz CT molecular complexity index is 910. The van der Waals surface area contributed by atoms with E-state index < -0.39 is 20.7 Å². The normalized spacial score (nSPS) is 11.1. The van der Waals surface area contributed by atoms with E-state index in [0.717, 1.165) is 0 Å². The van der Waals surface area contributed by atoms with E-state index in [4.69, 9.17) is 0 Å². The second kappa shape index (κ2) is 7.26. The van der Waals surface area contributed by atoms with Crippen molar-refractivity contribution in [2.75, 3.05) is 7.11 Å². The Hall–Kier alpha value is -2.01. The number of sulfone groups is 1. The van der Waals surface area contributed by atoms with Crippen LogP contribution in [0.5, 0.6) is 0 Å². The quantitative estimate of drug-likeness (QED) is 0.294. The molecule has 0 aromatic heterocycles. The molecule has 24 heavy (non-hydrogen) atoms. The monoisotopic (exact) mass is 461 g/mol. The maximum absolute atomic E-state index is 12.6. The molecule has 0 atom stereocenters. The van der Waals surface area contributed by atoms with Crippen LogP contribution in [-0.4, -0.2) is 26.4 Å². The molecule has 0 heterocycles. The van der Waals surface area contributed by atoms with E-state index in [-0.39, 0.29) is 21.9 Å². The first-order valence-electron chi connectivity index (χ1n) is 6.58. The van der Waals surface area contributed by atoms with E-state index in [0.29, 0.717) is 9.13 Å². The SMILES string of the molecule is COC(=O)c1ccc(S(=O)(=O)Cc2cccc([N+](=O)[O-])c2)c(I)c1. The van der Waals surface area contributed by atoms with Crippen LogP contribution >= 0.6 is 22.6 Å². The molecule has 9 heteroatoms. The maximum atomic E-state index is 12.6. The highest BCUT2D eigenvalue weighted by Gasteiger charge is 2.21. The summed E-state index contributed by atoms with van der Waals surface area (Å²) in [5, 5.41) is 10.8. The Kier molecular flexibility index (Phi) is 5.54. The summed E-state index contributed by atoms with van der Waals surface area (Å²) < 4.78 is 30.1. The van der Waals surface area contributed by atoms with Gasteiger partial charge in [-0.2, -0.15) is 0 Å². The molecule has 0 fully saturated rings. The maximum Gasteiger partial charge on any atom is 0.337 e. The van der Waals surface area contributed by atoms with Crippen molar-refractivity contribution in [1.82, 2.24) is 0 Å². The van der Waals surface area contributed by atoms with Gasteiger partial charge >= 0.3 is 5.97 Å². The van der Waals surface area contributed by atoms with E-state index in [1.165, 1.54) is 49.6 Å². The first kappa shape index (κ1) is 18.3. The van der Waals surface area contributed by atoms with Crippen LogP contribution in [0, 0.1) is 13.7 Å². The zero-order valence-electron chi connectivity index (χ0n) is 12.4. The fourth-order valence-electron chi connectivity index (χ4n) is 2.05. The third-order valence-electron chi connectivity index (χ3n) is 3.17. The lowest BCUT2D eigenvalue weighted by Gasteiger charge is -2.08. The van der Waals surface area contributed by atoms with E-state index in [1.54, 1.807) is 0 Å². The number of non-ortho nitro benzene ring substituents is 1. The number of rotatable bonds is 5. The molecule has 0 saturated heterocycles. The topological polar surface area (TPSA) is 104 Å². The predicted octanol–water partition coefficient (Wildman–Crippen LogP) is 2.96. The molecule has 0 aliphatic rings. The van der Waals surface area contributed by atoms with E-state index >= 15 is 0 Å². The minimum Gasteiger partial charge on any atom is -0.465 e. The Morgan fingerprint density at radius 1 is 1.25 bits per heavy atom. The zero-order valence-corrected chi connectivity index (χ0v) is 15.4. The Morgan fingerprint density at radius 2 is 1.96 bits per heavy atom. The number of ether oxygens (including phenoxy) is 1. The molecule has 7 nitrogen and oxygen atoms in total. The van der Waals surface area contributed by atoms with E-state index in [9.17, 15) is 23.3 Å². The fourth-order valence-corrected chi connectivity index (χ4v) is 4.98. The molecule has 0 N–H and O–H groups in total. The van der Waals surface area contributed by atoms with Gasteiger partial charge in [-0.25, -0.2) is 13.2 Å². The molecule has 0 amide bonds. The van der Waals surface area contributed by atoms with Crippen LogP contribution in [0.25, 0.3) is 0 Å². The van der Waals surface area contributed by atoms with Gasteiger partial charge in [0.2, 0.25) is 0 Å². The molecule has 0 radical (unpaired) electrons. The van der Waals surface area contributed by atoms with Gasteiger partial charge in [-0.15, -0.1) is 0 Å². The standard InChI is InChI=1S/C15H12INO6S/c1-23-15(18)11-5-6-14(13(16)8-11)24(21,22)9-10-3-2-4-12(7-10)17(19)20/h2-8H,9H2,1H3. The number of nitro groups is 1. The van der Waals surface area contributed by atoms with Gasteiger partial charge in [-0.3, -0.25) is 10.1 Å². The van der Waals surface area contributed by atoms with Crippen molar-refractivity contribution in [2.45, 2.75) is 10.6 Å². The van der Waals surface area contributed by atoms with Gasteiger partial charge in [-0.1, -0.05) is 12.1 Å². The highest BCUT2D eigenvalue weighted by molar-refractivity contribution is 14.1. The van der Waals surface area contributed by atoms with Gasteiger partial charge in [0.25, 0.3) is 5.69 Å². The average Bonchev–Trinajstić information content (AvgIpc) is 2.53. The van der Waals surface area contributed by atoms with Gasteiger partial charge in [0.1, 0.15) is 0 Å². The summed E-state index contributed by atoms with van der Waals surface area (Å²) in [6.07, 6.45) is 0. The first-order chi connectivity index (χ1) is 11.2. The number of halogens is 1. The molecule has 126 valence electrons. The predicted molar refractivity (Wildman–Crippen MR) is 94.5 cm³/mol. The summed E-state index contributed by atoms with van der Waals surface area (Å²) in [5.74, 6) is -0.932. The highest BCUT2D eigenvalue weighted by atomic mass is 127. The smallest absolute Gasteiger partial charge is 0.337 e. The second-order valence-corrected chi connectivity index (χ2v) is 7.94. The molecular weight excluding hydrogens is 449 g/mol. The molecule has 0 unspecified atom stereocenters. The average molecular weight is 461 g/mol. The van der Waals surface area contributed by atoms with Crippen LogP contribution in [0.15, 0.2) is 47.4 Å². The Morgan fingerprint density at radius 3 is 2.54 bits per heavy atom. The van der Waals surface area contributed by atoms with Crippen LogP contribution < -0.4 is 0 Å². The van der Waals surface area contributed by atoms with E-state index in [1.807, 2.05) is 22.6 Å². The lowest BCUT2D eigenvalue weighted by molar-refractivity contribution is -0.384. The number of methoxy groups -OCH3 is 1. The lowest BCUT2D eigenvalue weighted by atomic mass is 10.2.